The number of methoxy groups -OCH3 is 2. The number of nitrogens with one attached hydrogen (secondary N) is 2. The van der Waals surface area contributed by atoms with E-state index in [1.807, 2.05) is 24.3 Å². The van der Waals surface area contributed by atoms with Gasteiger partial charge >= 0.3 is 5.69 Å². The van der Waals surface area contributed by atoms with Crippen molar-refractivity contribution in [2.45, 2.75) is 26.3 Å². The lowest BCUT2D eigenvalue weighted by molar-refractivity contribution is 0.0951. The molecule has 0 atom stereocenters. The number of carbonyl (C=O) groups excluding carboxylic acids is 1. The largest absolute Gasteiger partial charge is 0.491 e. The molecule has 180 valence electrons. The van der Waals surface area contributed by atoms with Gasteiger partial charge in [0.25, 0.3) is 17.3 Å². The molecule has 0 aliphatic rings. The van der Waals surface area contributed by atoms with Gasteiger partial charge in [-0.3, -0.25) is 9.59 Å². The Balaban J connectivity index is 1.61. The predicted molar refractivity (Wildman–Crippen MR) is 133 cm³/mol. The fraction of sp³-hybridized carbons (Fsp3) is 0.231. The van der Waals surface area contributed by atoms with Gasteiger partial charge in [-0.05, 0) is 47.4 Å². The van der Waals surface area contributed by atoms with Crippen molar-refractivity contribution in [2.75, 3.05) is 14.2 Å². The van der Waals surface area contributed by atoms with E-state index in [9.17, 15) is 14.4 Å². The van der Waals surface area contributed by atoms with Crippen molar-refractivity contribution in [3.63, 3.8) is 0 Å². The number of ether oxygens (including phenoxy) is 2. The SMILES string of the molecule is COc1ccc(-n2c(=O)[nH]c3cc(C(=O)NCc4ccc(C(C)C)cc4)ccc3c2=O)nc1OC. The van der Waals surface area contributed by atoms with Crippen molar-refractivity contribution in [1.29, 1.82) is 0 Å². The summed E-state index contributed by atoms with van der Waals surface area (Å²) in [6.45, 7) is 4.61. The Morgan fingerprint density at radius 1 is 1.03 bits per heavy atom. The molecule has 9 heteroatoms. The van der Waals surface area contributed by atoms with Gasteiger partial charge in [0, 0.05) is 12.1 Å². The number of fused-ring (bicyclic) bond motifs is 1. The third-order valence-electron chi connectivity index (χ3n) is 5.71. The Bertz CT molecular complexity index is 1500. The standard InChI is InChI=1S/C26H26N4O5/c1-15(2)17-7-5-16(6-8-17)14-27-23(31)18-9-10-19-20(13-18)28-26(33)30(25(19)32)22-12-11-21(34-3)24(29-22)35-4/h5-13,15H,14H2,1-4H3,(H,27,31)(H,28,33). The highest BCUT2D eigenvalue weighted by Crippen LogP contribution is 2.24. The Morgan fingerprint density at radius 2 is 1.77 bits per heavy atom. The lowest BCUT2D eigenvalue weighted by atomic mass is 10.0. The minimum atomic E-state index is -0.690. The molecule has 2 N–H and O–H groups in total. The Morgan fingerprint density at radius 3 is 2.43 bits per heavy atom. The summed E-state index contributed by atoms with van der Waals surface area (Å²) in [5.74, 6) is 0.716. The molecule has 9 nitrogen and oxygen atoms in total. The number of rotatable bonds is 7. The monoisotopic (exact) mass is 474 g/mol. The van der Waals surface area contributed by atoms with Crippen LogP contribution < -0.4 is 26.0 Å². The van der Waals surface area contributed by atoms with Crippen LogP contribution in [0.3, 0.4) is 0 Å². The van der Waals surface area contributed by atoms with E-state index in [1.165, 1.54) is 38.0 Å². The average Bonchev–Trinajstić information content (AvgIpc) is 2.87. The number of H-pyrrole nitrogens is 1. The van der Waals surface area contributed by atoms with E-state index < -0.39 is 11.2 Å². The Labute approximate surface area is 201 Å². The van der Waals surface area contributed by atoms with E-state index in [0.717, 1.165) is 10.1 Å². The molecular formula is C26H26N4O5. The number of nitrogens with zero attached hydrogens (tertiary/aromatic N) is 2. The first kappa shape index (κ1) is 23.7. The normalized spacial score (nSPS) is 11.0. The highest BCUT2D eigenvalue weighted by Gasteiger charge is 2.15. The van der Waals surface area contributed by atoms with Crippen LogP contribution in [0.15, 0.2) is 64.2 Å². The van der Waals surface area contributed by atoms with Crippen molar-refractivity contribution < 1.29 is 14.3 Å². The zero-order valence-electron chi connectivity index (χ0n) is 19.9. The minimum absolute atomic E-state index is 0.0844. The van der Waals surface area contributed by atoms with Crippen molar-refractivity contribution >= 4 is 16.8 Å². The van der Waals surface area contributed by atoms with E-state index in [1.54, 1.807) is 12.1 Å². The summed E-state index contributed by atoms with van der Waals surface area (Å²) in [5, 5.41) is 3.11. The Kier molecular flexibility index (Phi) is 6.68. The summed E-state index contributed by atoms with van der Waals surface area (Å²) in [4.78, 5) is 45.4. The second-order valence-electron chi connectivity index (χ2n) is 8.29. The molecule has 2 aromatic carbocycles. The smallest absolute Gasteiger partial charge is 0.334 e. The molecule has 2 heterocycles. The number of hydrogen-bond donors (Lipinski definition) is 2. The minimum Gasteiger partial charge on any atom is -0.491 e. The van der Waals surface area contributed by atoms with Gasteiger partial charge in [-0.25, -0.2) is 9.36 Å². The van der Waals surface area contributed by atoms with Crippen LogP contribution in [0, 0.1) is 0 Å². The summed E-state index contributed by atoms with van der Waals surface area (Å²) < 4.78 is 11.2. The molecule has 2 aromatic heterocycles. The number of pyridine rings is 1. The van der Waals surface area contributed by atoms with Crippen LogP contribution in [0.25, 0.3) is 16.7 Å². The summed E-state index contributed by atoms with van der Waals surface area (Å²) >= 11 is 0. The fourth-order valence-corrected chi connectivity index (χ4v) is 3.72. The van der Waals surface area contributed by atoms with E-state index in [0.29, 0.717) is 23.8 Å². The van der Waals surface area contributed by atoms with Crippen LogP contribution in [-0.4, -0.2) is 34.7 Å². The molecule has 0 radical (unpaired) electrons. The van der Waals surface area contributed by atoms with Crippen LogP contribution in [0.1, 0.15) is 41.3 Å². The number of hydrogen-bond acceptors (Lipinski definition) is 6. The summed E-state index contributed by atoms with van der Waals surface area (Å²) in [6, 6.07) is 15.7. The number of aromatic nitrogens is 3. The van der Waals surface area contributed by atoms with Gasteiger partial charge in [-0.15, -0.1) is 0 Å². The maximum atomic E-state index is 13.1. The molecule has 0 saturated heterocycles. The highest BCUT2D eigenvalue weighted by atomic mass is 16.5. The number of amides is 1. The van der Waals surface area contributed by atoms with Crippen LogP contribution in [0.2, 0.25) is 0 Å². The molecule has 0 fully saturated rings. The molecule has 0 unspecified atom stereocenters. The average molecular weight is 475 g/mol. The number of benzene rings is 2. The summed E-state index contributed by atoms with van der Waals surface area (Å²) in [5.41, 5.74) is 1.53. The van der Waals surface area contributed by atoms with Gasteiger partial charge in [-0.1, -0.05) is 38.1 Å². The first-order valence-electron chi connectivity index (χ1n) is 11.1. The third-order valence-corrected chi connectivity index (χ3v) is 5.71. The zero-order valence-corrected chi connectivity index (χ0v) is 19.9. The second-order valence-corrected chi connectivity index (χ2v) is 8.29. The molecule has 0 spiro atoms. The first-order chi connectivity index (χ1) is 16.8. The molecule has 4 rings (SSSR count). The molecule has 35 heavy (non-hydrogen) atoms. The first-order valence-corrected chi connectivity index (χ1v) is 11.1. The molecule has 0 aliphatic carbocycles. The van der Waals surface area contributed by atoms with Crippen LogP contribution in [0.5, 0.6) is 11.6 Å². The Hall–Kier alpha value is -4.40. The van der Waals surface area contributed by atoms with Crippen molar-refractivity contribution in [1.82, 2.24) is 19.9 Å². The van der Waals surface area contributed by atoms with Gasteiger partial charge in [0.2, 0.25) is 0 Å². The molecule has 4 aromatic rings. The van der Waals surface area contributed by atoms with Gasteiger partial charge in [-0.2, -0.15) is 4.98 Å². The number of aromatic amines is 1. The summed E-state index contributed by atoms with van der Waals surface area (Å²) in [6.07, 6.45) is 0. The topological polar surface area (TPSA) is 115 Å². The van der Waals surface area contributed by atoms with E-state index in [2.05, 4.69) is 29.1 Å². The van der Waals surface area contributed by atoms with Gasteiger partial charge in [0.05, 0.1) is 25.1 Å². The maximum Gasteiger partial charge on any atom is 0.334 e. The molecule has 0 saturated carbocycles. The van der Waals surface area contributed by atoms with Crippen LogP contribution >= 0.6 is 0 Å². The van der Waals surface area contributed by atoms with Crippen molar-refractivity contribution in [2.24, 2.45) is 0 Å². The summed E-state index contributed by atoms with van der Waals surface area (Å²) in [7, 11) is 2.87. The number of carbonyl (C=O) groups is 1. The van der Waals surface area contributed by atoms with Crippen molar-refractivity contribution in [3.05, 3.63) is 92.1 Å². The van der Waals surface area contributed by atoms with E-state index in [4.69, 9.17) is 9.47 Å². The second kappa shape index (κ2) is 9.84. The van der Waals surface area contributed by atoms with E-state index in [-0.39, 0.29) is 28.5 Å². The molecule has 0 bridgehead atoms. The lowest BCUT2D eigenvalue weighted by Crippen LogP contribution is -2.34. The van der Waals surface area contributed by atoms with Crippen molar-refractivity contribution in [3.8, 4) is 17.4 Å². The van der Waals surface area contributed by atoms with E-state index >= 15 is 0 Å². The quantitative estimate of drug-likeness (QED) is 0.425. The highest BCUT2D eigenvalue weighted by molar-refractivity contribution is 5.97. The fourth-order valence-electron chi connectivity index (χ4n) is 3.72. The molecule has 0 aliphatic heterocycles. The van der Waals surface area contributed by atoms with Crippen LogP contribution in [0.4, 0.5) is 0 Å². The maximum absolute atomic E-state index is 13.1. The predicted octanol–water partition coefficient (Wildman–Crippen LogP) is 3.14. The molecular weight excluding hydrogens is 448 g/mol. The lowest BCUT2D eigenvalue weighted by Gasteiger charge is -2.11. The van der Waals surface area contributed by atoms with Crippen LogP contribution in [-0.2, 0) is 6.54 Å². The zero-order chi connectivity index (χ0) is 25.1. The third kappa shape index (κ3) is 4.79. The molecule has 1 amide bonds. The van der Waals surface area contributed by atoms with Gasteiger partial charge in [0.15, 0.2) is 5.75 Å². The van der Waals surface area contributed by atoms with Gasteiger partial charge < -0.3 is 19.8 Å². The van der Waals surface area contributed by atoms with Gasteiger partial charge in [0.1, 0.15) is 5.82 Å².